The lowest BCUT2D eigenvalue weighted by Crippen LogP contribution is -2.14. The first-order chi connectivity index (χ1) is 14.4. The Kier molecular flexibility index (Phi) is 5.33. The first-order valence-corrected chi connectivity index (χ1v) is 10.6. The highest BCUT2D eigenvalue weighted by atomic mass is 32.2. The van der Waals surface area contributed by atoms with Crippen LogP contribution in [-0.2, 0) is 16.6 Å². The Bertz CT molecular complexity index is 1270. The topological polar surface area (TPSA) is 64.0 Å². The maximum Gasteiger partial charge on any atom is 0.265 e. The quantitative estimate of drug-likeness (QED) is 0.488. The zero-order valence-corrected chi connectivity index (χ0v) is 16.5. The van der Waals surface area contributed by atoms with E-state index in [0.29, 0.717) is 18.2 Å². The molecule has 0 radical (unpaired) electrons. The summed E-state index contributed by atoms with van der Waals surface area (Å²) in [6, 6.07) is 21.0. The summed E-state index contributed by atoms with van der Waals surface area (Å²) in [7, 11) is -4.19. The molecule has 0 fully saturated rings. The Balaban J connectivity index is 1.76. The van der Waals surface area contributed by atoms with Gasteiger partial charge < -0.3 is 0 Å². The molecule has 0 bridgehead atoms. The first kappa shape index (κ1) is 19.8. The molecule has 0 saturated heterocycles. The molecule has 1 aromatic heterocycles. The minimum atomic E-state index is -4.19. The van der Waals surface area contributed by atoms with Gasteiger partial charge in [0.05, 0.1) is 12.2 Å². The molecular weight excluding hydrogens is 408 g/mol. The van der Waals surface area contributed by atoms with Gasteiger partial charge in [-0.25, -0.2) is 17.2 Å². The molecular formula is C22H17F2N3O2S. The van der Waals surface area contributed by atoms with Crippen LogP contribution in [0.3, 0.4) is 0 Å². The normalized spacial score (nSPS) is 11.4. The maximum absolute atomic E-state index is 14.0. The van der Waals surface area contributed by atoms with Gasteiger partial charge in [-0.15, -0.1) is 0 Å². The Labute approximate surface area is 172 Å². The number of sulfonamides is 1. The van der Waals surface area contributed by atoms with Gasteiger partial charge in [0.15, 0.2) is 0 Å². The predicted octanol–water partition coefficient (Wildman–Crippen LogP) is 4.68. The number of anilines is 1. The summed E-state index contributed by atoms with van der Waals surface area (Å²) < 4.78 is 57.1. The number of nitrogens with zero attached hydrogens (tertiary/aromatic N) is 2. The zero-order valence-electron chi connectivity index (χ0n) is 15.7. The van der Waals surface area contributed by atoms with Gasteiger partial charge in [-0.05, 0) is 17.7 Å². The number of aromatic nitrogens is 2. The second kappa shape index (κ2) is 8.08. The van der Waals surface area contributed by atoms with E-state index in [4.69, 9.17) is 0 Å². The largest absolute Gasteiger partial charge is 0.277 e. The van der Waals surface area contributed by atoms with E-state index in [1.165, 1.54) is 10.9 Å². The van der Waals surface area contributed by atoms with E-state index in [1.807, 2.05) is 36.4 Å². The SMILES string of the molecule is O=S(=O)(Nc1ccc(F)cc1F)c1cn(Cc2ccccc2)nc1-c1ccccc1. The van der Waals surface area contributed by atoms with E-state index in [9.17, 15) is 17.2 Å². The molecule has 1 heterocycles. The molecule has 4 aromatic rings. The lowest BCUT2D eigenvalue weighted by atomic mass is 10.2. The highest BCUT2D eigenvalue weighted by Crippen LogP contribution is 2.28. The van der Waals surface area contributed by atoms with Crippen molar-refractivity contribution >= 4 is 15.7 Å². The molecule has 0 saturated carbocycles. The molecule has 0 aliphatic heterocycles. The molecule has 8 heteroatoms. The average Bonchev–Trinajstić information content (AvgIpc) is 3.16. The molecule has 0 amide bonds. The molecule has 4 rings (SSSR count). The number of hydrogen-bond donors (Lipinski definition) is 1. The highest BCUT2D eigenvalue weighted by molar-refractivity contribution is 7.92. The van der Waals surface area contributed by atoms with Gasteiger partial charge in [0.1, 0.15) is 22.2 Å². The summed E-state index contributed by atoms with van der Waals surface area (Å²) in [5, 5.41) is 4.46. The van der Waals surface area contributed by atoms with Crippen LogP contribution in [0.25, 0.3) is 11.3 Å². The van der Waals surface area contributed by atoms with Crippen LogP contribution in [0.4, 0.5) is 14.5 Å². The Hall–Kier alpha value is -3.52. The van der Waals surface area contributed by atoms with Crippen molar-refractivity contribution in [3.8, 4) is 11.3 Å². The third kappa shape index (κ3) is 4.23. The van der Waals surface area contributed by atoms with Crippen LogP contribution in [0.2, 0.25) is 0 Å². The summed E-state index contributed by atoms with van der Waals surface area (Å²) in [6.45, 7) is 0.362. The van der Waals surface area contributed by atoms with E-state index in [-0.39, 0.29) is 16.3 Å². The molecule has 1 N–H and O–H groups in total. The van der Waals surface area contributed by atoms with Crippen LogP contribution >= 0.6 is 0 Å². The molecule has 0 atom stereocenters. The standard InChI is InChI=1S/C22H17F2N3O2S/c23-18-11-12-20(19(24)13-18)26-30(28,29)21-15-27(14-16-7-3-1-4-8-16)25-22(21)17-9-5-2-6-10-17/h1-13,15,26H,14H2. The molecule has 152 valence electrons. The highest BCUT2D eigenvalue weighted by Gasteiger charge is 2.25. The number of benzene rings is 3. The molecule has 30 heavy (non-hydrogen) atoms. The summed E-state index contributed by atoms with van der Waals surface area (Å²) in [5.74, 6) is -1.80. The van der Waals surface area contributed by atoms with Crippen molar-refractivity contribution in [2.24, 2.45) is 0 Å². The lowest BCUT2D eigenvalue weighted by molar-refractivity contribution is 0.582. The Morgan fingerprint density at radius 3 is 2.23 bits per heavy atom. The number of nitrogens with one attached hydrogen (secondary N) is 1. The third-order valence-corrected chi connectivity index (χ3v) is 5.79. The van der Waals surface area contributed by atoms with Crippen LogP contribution in [0.15, 0.2) is 90.0 Å². The lowest BCUT2D eigenvalue weighted by Gasteiger charge is -2.09. The second-order valence-corrected chi connectivity index (χ2v) is 8.27. The van der Waals surface area contributed by atoms with Gasteiger partial charge in [-0.2, -0.15) is 5.10 Å². The first-order valence-electron chi connectivity index (χ1n) is 9.07. The molecule has 0 aliphatic rings. The summed E-state index contributed by atoms with van der Waals surface area (Å²) in [6.07, 6.45) is 1.40. The van der Waals surface area contributed by atoms with Crippen molar-refractivity contribution < 1.29 is 17.2 Å². The van der Waals surface area contributed by atoms with Crippen LogP contribution in [0.5, 0.6) is 0 Å². The number of halogens is 2. The summed E-state index contributed by atoms with van der Waals surface area (Å²) >= 11 is 0. The number of hydrogen-bond acceptors (Lipinski definition) is 3. The second-order valence-electron chi connectivity index (χ2n) is 6.62. The van der Waals surface area contributed by atoms with Crippen molar-refractivity contribution in [2.75, 3.05) is 4.72 Å². The van der Waals surface area contributed by atoms with E-state index < -0.39 is 21.7 Å². The Morgan fingerprint density at radius 1 is 0.900 bits per heavy atom. The van der Waals surface area contributed by atoms with E-state index >= 15 is 0 Å². The van der Waals surface area contributed by atoms with Crippen molar-refractivity contribution in [3.05, 3.63) is 102 Å². The molecule has 0 spiro atoms. The summed E-state index contributed by atoms with van der Waals surface area (Å²) in [5.41, 5.74) is 1.44. The van der Waals surface area contributed by atoms with Crippen molar-refractivity contribution in [1.29, 1.82) is 0 Å². The van der Waals surface area contributed by atoms with Crippen molar-refractivity contribution in [3.63, 3.8) is 0 Å². The van der Waals surface area contributed by atoms with Gasteiger partial charge >= 0.3 is 0 Å². The zero-order chi connectivity index (χ0) is 21.1. The smallest absolute Gasteiger partial charge is 0.265 e. The van der Waals surface area contributed by atoms with Crippen molar-refractivity contribution in [2.45, 2.75) is 11.4 Å². The average molecular weight is 425 g/mol. The van der Waals surface area contributed by atoms with Crippen LogP contribution in [0, 0.1) is 11.6 Å². The third-order valence-electron chi connectivity index (χ3n) is 4.43. The minimum absolute atomic E-state index is 0.103. The minimum Gasteiger partial charge on any atom is -0.277 e. The van der Waals surface area contributed by atoms with E-state index in [0.717, 1.165) is 17.7 Å². The van der Waals surface area contributed by atoms with Gasteiger partial charge in [-0.3, -0.25) is 9.40 Å². The number of rotatable bonds is 6. The molecule has 0 unspecified atom stereocenters. The molecule has 5 nitrogen and oxygen atoms in total. The van der Waals surface area contributed by atoms with E-state index in [2.05, 4.69) is 9.82 Å². The van der Waals surface area contributed by atoms with Gasteiger partial charge in [0.2, 0.25) is 0 Å². The van der Waals surface area contributed by atoms with Gasteiger partial charge in [0.25, 0.3) is 10.0 Å². The van der Waals surface area contributed by atoms with Gasteiger partial charge in [-0.1, -0.05) is 60.7 Å². The van der Waals surface area contributed by atoms with Crippen LogP contribution in [0.1, 0.15) is 5.56 Å². The fourth-order valence-electron chi connectivity index (χ4n) is 3.02. The van der Waals surface area contributed by atoms with Gasteiger partial charge in [0, 0.05) is 17.8 Å². The van der Waals surface area contributed by atoms with Crippen LogP contribution < -0.4 is 4.72 Å². The molecule has 0 aliphatic carbocycles. The Morgan fingerprint density at radius 2 is 1.57 bits per heavy atom. The van der Waals surface area contributed by atoms with Crippen LogP contribution in [-0.4, -0.2) is 18.2 Å². The maximum atomic E-state index is 14.0. The monoisotopic (exact) mass is 425 g/mol. The summed E-state index contributed by atoms with van der Waals surface area (Å²) in [4.78, 5) is -0.103. The predicted molar refractivity (Wildman–Crippen MR) is 110 cm³/mol. The van der Waals surface area contributed by atoms with E-state index in [1.54, 1.807) is 24.3 Å². The molecule has 3 aromatic carbocycles. The fraction of sp³-hybridized carbons (Fsp3) is 0.0455. The van der Waals surface area contributed by atoms with Crippen molar-refractivity contribution in [1.82, 2.24) is 9.78 Å². The fourth-order valence-corrected chi connectivity index (χ4v) is 4.26.